The van der Waals surface area contributed by atoms with Gasteiger partial charge in [-0.05, 0) is 32.2 Å². The molecule has 0 aromatic carbocycles. The minimum Gasteiger partial charge on any atom is -0.311 e. The van der Waals surface area contributed by atoms with Crippen molar-refractivity contribution in [3.8, 4) is 0 Å². The minimum absolute atomic E-state index is 0.276. The molecule has 94 valence electrons. The number of hydrogen-bond donors (Lipinski definition) is 1. The standard InChI is InChI=1S/C11H22N2O2S/c1-13(5-6-16(2,14)15)8-9-7-10-3-4-11(9)12-10/h9-12H,3-8H2,1-2H3. The van der Waals surface area contributed by atoms with E-state index in [9.17, 15) is 8.42 Å². The maximum absolute atomic E-state index is 11.1. The number of nitrogens with zero attached hydrogens (tertiary/aromatic N) is 1. The first-order valence-electron chi connectivity index (χ1n) is 6.06. The van der Waals surface area contributed by atoms with Gasteiger partial charge in [0.1, 0.15) is 9.84 Å². The number of hydrogen-bond acceptors (Lipinski definition) is 4. The monoisotopic (exact) mass is 246 g/mol. The van der Waals surface area contributed by atoms with E-state index in [0.29, 0.717) is 12.6 Å². The summed E-state index contributed by atoms with van der Waals surface area (Å²) in [5, 5.41) is 3.61. The molecule has 2 heterocycles. The van der Waals surface area contributed by atoms with Gasteiger partial charge in [0.25, 0.3) is 0 Å². The lowest BCUT2D eigenvalue weighted by Crippen LogP contribution is -2.35. The highest BCUT2D eigenvalue weighted by atomic mass is 32.2. The molecule has 2 aliphatic rings. The molecule has 0 aromatic rings. The molecular weight excluding hydrogens is 224 g/mol. The summed E-state index contributed by atoms with van der Waals surface area (Å²) in [5.41, 5.74) is 0. The van der Waals surface area contributed by atoms with Gasteiger partial charge < -0.3 is 10.2 Å². The first-order chi connectivity index (χ1) is 7.44. The zero-order valence-electron chi connectivity index (χ0n) is 10.1. The Hall–Kier alpha value is -0.130. The van der Waals surface area contributed by atoms with Crippen LogP contribution in [-0.2, 0) is 9.84 Å². The van der Waals surface area contributed by atoms with Gasteiger partial charge in [-0.25, -0.2) is 8.42 Å². The van der Waals surface area contributed by atoms with Crippen molar-refractivity contribution < 1.29 is 8.42 Å². The normalized spacial score (nSPS) is 33.8. The van der Waals surface area contributed by atoms with Gasteiger partial charge >= 0.3 is 0 Å². The van der Waals surface area contributed by atoms with Gasteiger partial charge in [-0.3, -0.25) is 0 Å². The third-order valence-electron chi connectivity index (χ3n) is 3.82. The molecule has 0 saturated carbocycles. The Kier molecular flexibility index (Phi) is 3.56. The van der Waals surface area contributed by atoms with Crippen LogP contribution < -0.4 is 5.32 Å². The second kappa shape index (κ2) is 4.63. The van der Waals surface area contributed by atoms with E-state index in [-0.39, 0.29) is 5.75 Å². The molecule has 2 aliphatic heterocycles. The SMILES string of the molecule is CN(CCS(C)(=O)=O)CC1CC2CCC1N2. The van der Waals surface area contributed by atoms with E-state index >= 15 is 0 Å². The van der Waals surface area contributed by atoms with Crippen molar-refractivity contribution in [1.29, 1.82) is 0 Å². The second-order valence-electron chi connectivity index (χ2n) is 5.44. The Labute approximate surface area is 98.3 Å². The van der Waals surface area contributed by atoms with Crippen LogP contribution in [0, 0.1) is 5.92 Å². The van der Waals surface area contributed by atoms with E-state index in [1.807, 2.05) is 7.05 Å². The highest BCUT2D eigenvalue weighted by molar-refractivity contribution is 7.90. The minimum atomic E-state index is -2.82. The Bertz CT molecular complexity index is 342. The van der Waals surface area contributed by atoms with Crippen LogP contribution in [0.5, 0.6) is 0 Å². The molecule has 1 N–H and O–H groups in total. The maximum atomic E-state index is 11.1. The van der Waals surface area contributed by atoms with Gasteiger partial charge in [0.15, 0.2) is 0 Å². The van der Waals surface area contributed by atoms with Crippen molar-refractivity contribution in [2.75, 3.05) is 32.1 Å². The van der Waals surface area contributed by atoms with Crippen LogP contribution in [-0.4, -0.2) is 57.5 Å². The van der Waals surface area contributed by atoms with Crippen LogP contribution >= 0.6 is 0 Å². The summed E-state index contributed by atoms with van der Waals surface area (Å²) in [6, 6.07) is 1.42. The molecule has 4 nitrogen and oxygen atoms in total. The van der Waals surface area contributed by atoms with Crippen LogP contribution in [0.25, 0.3) is 0 Å². The van der Waals surface area contributed by atoms with Gasteiger partial charge in [-0.15, -0.1) is 0 Å². The summed E-state index contributed by atoms with van der Waals surface area (Å²) >= 11 is 0. The van der Waals surface area contributed by atoms with Crippen LogP contribution in [0.15, 0.2) is 0 Å². The molecule has 3 atom stereocenters. The van der Waals surface area contributed by atoms with Gasteiger partial charge in [0.05, 0.1) is 5.75 Å². The molecule has 0 spiro atoms. The van der Waals surface area contributed by atoms with Crippen molar-refractivity contribution in [1.82, 2.24) is 10.2 Å². The van der Waals surface area contributed by atoms with E-state index in [2.05, 4.69) is 10.2 Å². The summed E-state index contributed by atoms with van der Waals surface area (Å²) in [5.74, 6) is 1.00. The van der Waals surface area contributed by atoms with Crippen molar-refractivity contribution in [2.24, 2.45) is 5.92 Å². The summed E-state index contributed by atoms with van der Waals surface area (Å²) in [6.07, 6.45) is 5.21. The Morgan fingerprint density at radius 3 is 2.62 bits per heavy atom. The van der Waals surface area contributed by atoms with Crippen molar-refractivity contribution in [2.45, 2.75) is 31.3 Å². The zero-order chi connectivity index (χ0) is 11.8. The molecule has 2 bridgehead atoms. The highest BCUT2D eigenvalue weighted by Crippen LogP contribution is 2.33. The van der Waals surface area contributed by atoms with E-state index in [1.54, 1.807) is 0 Å². The smallest absolute Gasteiger partial charge is 0.148 e. The quantitative estimate of drug-likeness (QED) is 0.748. The number of rotatable bonds is 5. The summed E-state index contributed by atoms with van der Waals surface area (Å²) in [6.45, 7) is 1.69. The van der Waals surface area contributed by atoms with E-state index in [0.717, 1.165) is 18.5 Å². The lowest BCUT2D eigenvalue weighted by atomic mass is 9.89. The van der Waals surface area contributed by atoms with Crippen molar-refractivity contribution in [3.63, 3.8) is 0 Å². The molecule has 0 aliphatic carbocycles. The molecule has 5 heteroatoms. The fraction of sp³-hybridized carbons (Fsp3) is 1.00. The van der Waals surface area contributed by atoms with Crippen LogP contribution in [0.1, 0.15) is 19.3 Å². The Morgan fingerprint density at radius 1 is 1.38 bits per heavy atom. The molecule has 2 rings (SSSR count). The number of nitrogens with one attached hydrogen (secondary N) is 1. The largest absolute Gasteiger partial charge is 0.311 e. The van der Waals surface area contributed by atoms with E-state index in [1.165, 1.54) is 25.5 Å². The van der Waals surface area contributed by atoms with Gasteiger partial charge in [-0.1, -0.05) is 0 Å². The molecule has 0 radical (unpaired) electrons. The van der Waals surface area contributed by atoms with Gasteiger partial charge in [0, 0.05) is 31.4 Å². The topological polar surface area (TPSA) is 49.4 Å². The number of fused-ring (bicyclic) bond motifs is 2. The van der Waals surface area contributed by atoms with Crippen molar-refractivity contribution >= 4 is 9.84 Å². The number of sulfone groups is 1. The molecular formula is C11H22N2O2S. The van der Waals surface area contributed by atoms with Crippen LogP contribution in [0.4, 0.5) is 0 Å². The lowest BCUT2D eigenvalue weighted by Gasteiger charge is -2.25. The first-order valence-corrected chi connectivity index (χ1v) is 8.12. The van der Waals surface area contributed by atoms with E-state index in [4.69, 9.17) is 0 Å². The Morgan fingerprint density at radius 2 is 2.12 bits per heavy atom. The zero-order valence-corrected chi connectivity index (χ0v) is 11.0. The van der Waals surface area contributed by atoms with Crippen LogP contribution in [0.2, 0.25) is 0 Å². The first kappa shape index (κ1) is 12.3. The lowest BCUT2D eigenvalue weighted by molar-refractivity contribution is 0.258. The summed E-state index contributed by atoms with van der Waals surface area (Å²) in [7, 11) is -0.795. The molecule has 3 unspecified atom stereocenters. The molecule has 2 saturated heterocycles. The van der Waals surface area contributed by atoms with E-state index < -0.39 is 9.84 Å². The van der Waals surface area contributed by atoms with Crippen LogP contribution in [0.3, 0.4) is 0 Å². The third kappa shape index (κ3) is 3.18. The fourth-order valence-corrected chi connectivity index (χ4v) is 3.60. The second-order valence-corrected chi connectivity index (χ2v) is 7.70. The average molecular weight is 246 g/mol. The molecule has 2 fully saturated rings. The van der Waals surface area contributed by atoms with Gasteiger partial charge in [0.2, 0.25) is 0 Å². The molecule has 0 amide bonds. The highest BCUT2D eigenvalue weighted by Gasteiger charge is 2.39. The summed E-state index contributed by atoms with van der Waals surface area (Å²) in [4.78, 5) is 2.16. The molecule has 16 heavy (non-hydrogen) atoms. The predicted molar refractivity (Wildman–Crippen MR) is 65.3 cm³/mol. The molecule has 0 aromatic heterocycles. The maximum Gasteiger partial charge on any atom is 0.148 e. The predicted octanol–water partition coefficient (Wildman–Crippen LogP) is 0.103. The van der Waals surface area contributed by atoms with Gasteiger partial charge in [-0.2, -0.15) is 0 Å². The average Bonchev–Trinajstić information content (AvgIpc) is 2.75. The summed E-state index contributed by atoms with van der Waals surface area (Å²) < 4.78 is 22.1. The third-order valence-corrected chi connectivity index (χ3v) is 4.75. The Balaban J connectivity index is 1.73. The van der Waals surface area contributed by atoms with Crippen molar-refractivity contribution in [3.05, 3.63) is 0 Å². The fourth-order valence-electron chi connectivity index (χ4n) is 2.95.